The van der Waals surface area contributed by atoms with Gasteiger partial charge in [0.15, 0.2) is 0 Å². The Morgan fingerprint density at radius 2 is 2.21 bits per heavy atom. The normalized spacial score (nSPS) is 38.6. The third-order valence-corrected chi connectivity index (χ3v) is 3.24. The Morgan fingerprint density at radius 3 is 2.86 bits per heavy atom. The molecule has 0 amide bonds. The highest BCUT2D eigenvalue weighted by molar-refractivity contribution is 5.79. The number of fused-ring (bicyclic) bond motifs is 2. The molecule has 2 bridgehead atoms. The lowest BCUT2D eigenvalue weighted by Gasteiger charge is -2.21. The summed E-state index contributed by atoms with van der Waals surface area (Å²) in [5.41, 5.74) is 0. The van der Waals surface area contributed by atoms with Crippen molar-refractivity contribution in [2.24, 2.45) is 23.7 Å². The molecule has 14 heavy (non-hydrogen) atoms. The Bertz CT molecular complexity index is 282. The Morgan fingerprint density at radius 1 is 1.50 bits per heavy atom. The van der Waals surface area contributed by atoms with E-state index in [2.05, 4.69) is 6.08 Å². The lowest BCUT2D eigenvalue weighted by molar-refractivity contribution is -0.151. The molecule has 1 saturated carbocycles. The molecule has 0 unspecified atom stereocenters. The quantitative estimate of drug-likeness (QED) is 0.385. The Labute approximate surface area is 83.1 Å². The fourth-order valence-electron chi connectivity index (χ4n) is 2.62. The number of rotatable bonds is 3. The topological polar surface area (TPSA) is 43.4 Å². The number of allylic oxidation sites excluding steroid dienone is 2. The zero-order valence-corrected chi connectivity index (χ0v) is 8.18. The van der Waals surface area contributed by atoms with Crippen molar-refractivity contribution in [1.82, 2.24) is 0 Å². The van der Waals surface area contributed by atoms with Crippen LogP contribution in [0.3, 0.4) is 0 Å². The molecule has 3 heteroatoms. The molecule has 76 valence electrons. The third-order valence-electron chi connectivity index (χ3n) is 3.24. The van der Waals surface area contributed by atoms with E-state index in [1.807, 2.05) is 6.08 Å². The number of hydrogen-bond donors (Lipinski definition) is 0. The monoisotopic (exact) mass is 194 g/mol. The molecular formula is C11H14O3. The summed E-state index contributed by atoms with van der Waals surface area (Å²) in [6, 6.07) is 0. The van der Waals surface area contributed by atoms with E-state index in [0.29, 0.717) is 6.61 Å². The van der Waals surface area contributed by atoms with E-state index in [1.165, 1.54) is 0 Å². The maximum Gasteiger partial charge on any atom is 0.310 e. The van der Waals surface area contributed by atoms with Crippen LogP contribution in [0.25, 0.3) is 0 Å². The summed E-state index contributed by atoms with van der Waals surface area (Å²) in [5, 5.41) is 0. The van der Waals surface area contributed by atoms with Crippen molar-refractivity contribution < 1.29 is 14.3 Å². The van der Waals surface area contributed by atoms with Crippen LogP contribution in [-0.4, -0.2) is 18.9 Å². The molecule has 4 atom stereocenters. The zero-order valence-electron chi connectivity index (χ0n) is 8.18. The molecule has 0 saturated heterocycles. The molecule has 2 aliphatic carbocycles. The standard InChI is InChI=1S/C11H14O3/c1-2-14-11(13)10-8-4-3-7(5-8)9(10)6-12/h3-4,6-10H,2,5H2,1H3/t7-,8+,9+,10+/m0/s1. The number of carbonyl (C=O) groups excluding carboxylic acids is 2. The molecule has 0 spiro atoms. The van der Waals surface area contributed by atoms with E-state index in [1.54, 1.807) is 6.92 Å². The van der Waals surface area contributed by atoms with Crippen molar-refractivity contribution in [3.63, 3.8) is 0 Å². The van der Waals surface area contributed by atoms with Gasteiger partial charge in [-0.2, -0.15) is 0 Å². The van der Waals surface area contributed by atoms with Crippen molar-refractivity contribution in [3.05, 3.63) is 12.2 Å². The van der Waals surface area contributed by atoms with Crippen LogP contribution in [-0.2, 0) is 14.3 Å². The van der Waals surface area contributed by atoms with Crippen LogP contribution >= 0.6 is 0 Å². The van der Waals surface area contributed by atoms with Crippen molar-refractivity contribution in [3.8, 4) is 0 Å². The van der Waals surface area contributed by atoms with Crippen molar-refractivity contribution in [2.75, 3.05) is 6.61 Å². The fraction of sp³-hybridized carbons (Fsp3) is 0.636. The molecule has 3 nitrogen and oxygen atoms in total. The summed E-state index contributed by atoms with van der Waals surface area (Å²) in [5.74, 6) is -0.0749. The largest absolute Gasteiger partial charge is 0.466 e. The first-order valence-electron chi connectivity index (χ1n) is 5.08. The van der Waals surface area contributed by atoms with Crippen LogP contribution < -0.4 is 0 Å². The van der Waals surface area contributed by atoms with Gasteiger partial charge in [0, 0.05) is 5.92 Å². The van der Waals surface area contributed by atoms with Crippen LogP contribution in [0.1, 0.15) is 13.3 Å². The summed E-state index contributed by atoms with van der Waals surface area (Å²) in [6.07, 6.45) is 5.95. The van der Waals surface area contributed by atoms with E-state index < -0.39 is 0 Å². The highest BCUT2D eigenvalue weighted by Crippen LogP contribution is 2.47. The molecule has 1 fully saturated rings. The number of carbonyl (C=O) groups is 2. The maximum atomic E-state index is 11.6. The van der Waals surface area contributed by atoms with Gasteiger partial charge in [-0.3, -0.25) is 4.79 Å². The molecule has 2 rings (SSSR count). The van der Waals surface area contributed by atoms with E-state index in [-0.39, 0.29) is 29.6 Å². The molecule has 0 aliphatic heterocycles. The summed E-state index contributed by atoms with van der Waals surface area (Å²) < 4.78 is 4.98. The molecule has 0 aromatic heterocycles. The van der Waals surface area contributed by atoms with Gasteiger partial charge in [-0.1, -0.05) is 12.2 Å². The average Bonchev–Trinajstić information content (AvgIpc) is 2.76. The van der Waals surface area contributed by atoms with Gasteiger partial charge in [-0.15, -0.1) is 0 Å². The second kappa shape index (κ2) is 3.56. The highest BCUT2D eigenvalue weighted by Gasteiger charge is 2.48. The first kappa shape index (κ1) is 9.44. The smallest absolute Gasteiger partial charge is 0.310 e. The third kappa shape index (κ3) is 1.27. The molecule has 0 radical (unpaired) electrons. The van der Waals surface area contributed by atoms with E-state index >= 15 is 0 Å². The van der Waals surface area contributed by atoms with Gasteiger partial charge in [-0.25, -0.2) is 0 Å². The predicted molar refractivity (Wildman–Crippen MR) is 50.4 cm³/mol. The summed E-state index contributed by atoms with van der Waals surface area (Å²) >= 11 is 0. The molecule has 0 aromatic rings. The minimum Gasteiger partial charge on any atom is -0.466 e. The minimum atomic E-state index is -0.220. The summed E-state index contributed by atoms with van der Waals surface area (Å²) in [7, 11) is 0. The summed E-state index contributed by atoms with van der Waals surface area (Å²) in [4.78, 5) is 22.5. The molecule has 0 aromatic carbocycles. The number of aldehydes is 1. The molecular weight excluding hydrogens is 180 g/mol. The van der Waals surface area contributed by atoms with Crippen LogP contribution in [0, 0.1) is 23.7 Å². The SMILES string of the molecule is CCOC(=O)[C@H]1[C@H](C=O)[C@H]2C=C[C@@H]1C2. The van der Waals surface area contributed by atoms with Crippen molar-refractivity contribution in [2.45, 2.75) is 13.3 Å². The fourth-order valence-corrected chi connectivity index (χ4v) is 2.62. The van der Waals surface area contributed by atoms with Crippen LogP contribution in [0.2, 0.25) is 0 Å². The average molecular weight is 194 g/mol. The molecule has 0 N–H and O–H groups in total. The van der Waals surface area contributed by atoms with Crippen molar-refractivity contribution in [1.29, 1.82) is 0 Å². The Kier molecular flexibility index (Phi) is 2.40. The molecule has 0 heterocycles. The highest BCUT2D eigenvalue weighted by atomic mass is 16.5. The van der Waals surface area contributed by atoms with E-state index in [4.69, 9.17) is 4.74 Å². The number of ether oxygens (including phenoxy) is 1. The van der Waals surface area contributed by atoms with Crippen LogP contribution in [0.15, 0.2) is 12.2 Å². The van der Waals surface area contributed by atoms with Crippen LogP contribution in [0.4, 0.5) is 0 Å². The second-order valence-corrected chi connectivity index (χ2v) is 3.94. The number of hydrogen-bond acceptors (Lipinski definition) is 3. The zero-order chi connectivity index (χ0) is 10.1. The maximum absolute atomic E-state index is 11.6. The number of esters is 1. The second-order valence-electron chi connectivity index (χ2n) is 3.94. The first-order valence-corrected chi connectivity index (χ1v) is 5.08. The van der Waals surface area contributed by atoms with Gasteiger partial charge in [-0.05, 0) is 25.2 Å². The van der Waals surface area contributed by atoms with Gasteiger partial charge in [0.05, 0.1) is 12.5 Å². The van der Waals surface area contributed by atoms with Crippen molar-refractivity contribution >= 4 is 12.3 Å². The Balaban J connectivity index is 2.14. The Hall–Kier alpha value is -1.12. The van der Waals surface area contributed by atoms with E-state index in [9.17, 15) is 9.59 Å². The minimum absolute atomic E-state index is 0.149. The molecule has 2 aliphatic rings. The predicted octanol–water partition coefficient (Wildman–Crippen LogP) is 1.19. The van der Waals surface area contributed by atoms with Gasteiger partial charge in [0.1, 0.15) is 6.29 Å². The first-order chi connectivity index (χ1) is 6.77. The lowest BCUT2D eigenvalue weighted by Crippen LogP contribution is -2.30. The van der Waals surface area contributed by atoms with Gasteiger partial charge in [0.25, 0.3) is 0 Å². The lowest BCUT2D eigenvalue weighted by atomic mass is 9.84. The van der Waals surface area contributed by atoms with Gasteiger partial charge in [0.2, 0.25) is 0 Å². The van der Waals surface area contributed by atoms with Crippen LogP contribution in [0.5, 0.6) is 0 Å². The summed E-state index contributed by atoms with van der Waals surface area (Å²) in [6.45, 7) is 2.18. The van der Waals surface area contributed by atoms with Gasteiger partial charge >= 0.3 is 5.97 Å². The van der Waals surface area contributed by atoms with E-state index in [0.717, 1.165) is 12.7 Å². The van der Waals surface area contributed by atoms with Gasteiger partial charge < -0.3 is 9.53 Å².